The molecular weight excluding hydrogens is 447 g/mol. The summed E-state index contributed by atoms with van der Waals surface area (Å²) in [4.78, 5) is 44.1. The summed E-state index contributed by atoms with van der Waals surface area (Å²) in [6.45, 7) is 5.53. The minimum atomic E-state index is -0.774. The standard InChI is InChI=1S/C25H22Cl2N2O3/c1-25(2,3)22(30)21-19-18(20-15-7-5-4-6-13(15)10-11-28(20)21)23(31)29(24(19)32)14-8-9-16(26)17(27)12-14/h4-12,18-21H,1-3H3. The van der Waals surface area contributed by atoms with E-state index >= 15 is 0 Å². The van der Waals surface area contributed by atoms with Gasteiger partial charge in [0.15, 0.2) is 5.78 Å². The molecule has 0 aliphatic carbocycles. The predicted molar refractivity (Wildman–Crippen MR) is 124 cm³/mol. The van der Waals surface area contributed by atoms with Crippen molar-refractivity contribution in [2.75, 3.05) is 4.90 Å². The molecule has 5 rings (SSSR count). The van der Waals surface area contributed by atoms with Crippen LogP contribution >= 0.6 is 23.2 Å². The Morgan fingerprint density at radius 1 is 0.938 bits per heavy atom. The summed E-state index contributed by atoms with van der Waals surface area (Å²) < 4.78 is 0. The first kappa shape index (κ1) is 21.2. The molecule has 2 amide bonds. The minimum absolute atomic E-state index is 0.0591. The van der Waals surface area contributed by atoms with Gasteiger partial charge in [-0.3, -0.25) is 14.4 Å². The molecule has 4 unspecified atom stereocenters. The zero-order valence-corrected chi connectivity index (χ0v) is 19.4. The van der Waals surface area contributed by atoms with E-state index < -0.39 is 23.3 Å². The van der Waals surface area contributed by atoms with Gasteiger partial charge in [-0.2, -0.15) is 0 Å². The van der Waals surface area contributed by atoms with E-state index in [2.05, 4.69) is 0 Å². The summed E-state index contributed by atoms with van der Waals surface area (Å²) in [7, 11) is 0. The lowest BCUT2D eigenvalue weighted by atomic mass is 9.79. The van der Waals surface area contributed by atoms with Crippen LogP contribution in [-0.2, 0) is 14.4 Å². The minimum Gasteiger partial charge on any atom is -0.359 e. The second-order valence-corrected chi connectivity index (χ2v) is 10.4. The number of imide groups is 1. The number of benzene rings is 2. The molecule has 0 N–H and O–H groups in total. The summed E-state index contributed by atoms with van der Waals surface area (Å²) in [6, 6.07) is 11.4. The summed E-state index contributed by atoms with van der Waals surface area (Å²) in [5, 5.41) is 0.602. The molecule has 2 aromatic rings. The van der Waals surface area contributed by atoms with Gasteiger partial charge in [-0.15, -0.1) is 0 Å². The molecule has 2 aromatic carbocycles. The number of hydrogen-bond donors (Lipinski definition) is 0. The maximum Gasteiger partial charge on any atom is 0.240 e. The molecule has 3 aliphatic heterocycles. The fourth-order valence-electron chi connectivity index (χ4n) is 5.18. The molecule has 2 fully saturated rings. The Bertz CT molecular complexity index is 1200. The average Bonchev–Trinajstić information content (AvgIpc) is 3.22. The van der Waals surface area contributed by atoms with Gasteiger partial charge in [-0.25, -0.2) is 4.90 Å². The van der Waals surface area contributed by atoms with Gasteiger partial charge < -0.3 is 4.90 Å². The molecule has 164 valence electrons. The number of anilines is 1. The Labute approximate surface area is 196 Å². The van der Waals surface area contributed by atoms with E-state index in [0.29, 0.717) is 10.7 Å². The van der Waals surface area contributed by atoms with Crippen LogP contribution in [0.3, 0.4) is 0 Å². The summed E-state index contributed by atoms with van der Waals surface area (Å²) >= 11 is 12.2. The van der Waals surface area contributed by atoms with Crippen LogP contribution in [0, 0.1) is 17.3 Å². The van der Waals surface area contributed by atoms with Crippen LogP contribution in [0.15, 0.2) is 48.7 Å². The Kier molecular flexibility index (Phi) is 4.77. The molecule has 32 heavy (non-hydrogen) atoms. The van der Waals surface area contributed by atoms with Gasteiger partial charge in [0.2, 0.25) is 11.8 Å². The van der Waals surface area contributed by atoms with Gasteiger partial charge >= 0.3 is 0 Å². The Balaban J connectivity index is 1.67. The van der Waals surface area contributed by atoms with Crippen molar-refractivity contribution in [2.24, 2.45) is 17.3 Å². The monoisotopic (exact) mass is 468 g/mol. The summed E-state index contributed by atoms with van der Waals surface area (Å²) in [6.07, 6.45) is 3.81. The third kappa shape index (κ3) is 2.95. The van der Waals surface area contributed by atoms with Crippen LogP contribution in [0.1, 0.15) is 37.9 Å². The number of nitrogens with zero attached hydrogens (tertiary/aromatic N) is 2. The maximum atomic E-state index is 13.7. The van der Waals surface area contributed by atoms with Gasteiger partial charge in [0.25, 0.3) is 0 Å². The molecule has 0 radical (unpaired) electrons. The molecule has 0 spiro atoms. The third-order valence-corrected chi connectivity index (χ3v) is 7.37. The first-order valence-electron chi connectivity index (χ1n) is 10.5. The van der Waals surface area contributed by atoms with E-state index in [0.717, 1.165) is 11.1 Å². The SMILES string of the molecule is CC(C)(C)C(=O)C1C2C(=O)N(c3ccc(Cl)c(Cl)c3)C(=O)C2C2c3ccccc3C=CN12. The lowest BCUT2D eigenvalue weighted by molar-refractivity contribution is -0.135. The molecule has 0 bridgehead atoms. The molecule has 4 atom stereocenters. The lowest BCUT2D eigenvalue weighted by Crippen LogP contribution is -2.47. The van der Waals surface area contributed by atoms with Gasteiger partial charge in [-0.05, 0) is 35.4 Å². The number of carbonyl (C=O) groups excluding carboxylic acids is 3. The maximum absolute atomic E-state index is 13.7. The van der Waals surface area contributed by atoms with Crippen LogP contribution in [0.5, 0.6) is 0 Å². The van der Waals surface area contributed by atoms with Gasteiger partial charge in [0.05, 0.1) is 33.6 Å². The van der Waals surface area contributed by atoms with Crippen molar-refractivity contribution in [3.8, 4) is 0 Å². The highest BCUT2D eigenvalue weighted by Gasteiger charge is 2.65. The smallest absolute Gasteiger partial charge is 0.240 e. The molecular formula is C25H22Cl2N2O3. The highest BCUT2D eigenvalue weighted by Crippen LogP contribution is 2.54. The van der Waals surface area contributed by atoms with Crippen LogP contribution in [-0.4, -0.2) is 28.5 Å². The average molecular weight is 469 g/mol. The van der Waals surface area contributed by atoms with E-state index in [1.165, 1.54) is 11.0 Å². The van der Waals surface area contributed by atoms with E-state index in [9.17, 15) is 14.4 Å². The highest BCUT2D eigenvalue weighted by atomic mass is 35.5. The normalized spacial score (nSPS) is 26.3. The molecule has 0 aromatic heterocycles. The van der Waals surface area contributed by atoms with E-state index in [4.69, 9.17) is 23.2 Å². The Hall–Kier alpha value is -2.63. The number of halogens is 2. The van der Waals surface area contributed by atoms with Gasteiger partial charge in [0, 0.05) is 11.6 Å². The number of ketones is 1. The van der Waals surface area contributed by atoms with Crippen molar-refractivity contribution in [1.29, 1.82) is 0 Å². The number of hydrogen-bond acceptors (Lipinski definition) is 4. The zero-order chi connectivity index (χ0) is 22.9. The Morgan fingerprint density at radius 3 is 2.31 bits per heavy atom. The van der Waals surface area contributed by atoms with Gasteiger partial charge in [-0.1, -0.05) is 68.2 Å². The second-order valence-electron chi connectivity index (χ2n) is 9.56. The number of amides is 2. The van der Waals surface area contributed by atoms with Crippen LogP contribution < -0.4 is 4.90 Å². The van der Waals surface area contributed by atoms with Crippen molar-refractivity contribution in [1.82, 2.24) is 4.90 Å². The molecule has 0 saturated carbocycles. The number of rotatable bonds is 2. The van der Waals surface area contributed by atoms with E-state index in [1.54, 1.807) is 12.1 Å². The molecule has 3 heterocycles. The van der Waals surface area contributed by atoms with E-state index in [-0.39, 0.29) is 28.7 Å². The predicted octanol–water partition coefficient (Wildman–Crippen LogP) is 5.12. The molecule has 2 saturated heterocycles. The van der Waals surface area contributed by atoms with Crippen molar-refractivity contribution in [3.63, 3.8) is 0 Å². The number of Topliss-reactive ketones (excluding diaryl/α,β-unsaturated/α-hetero) is 1. The van der Waals surface area contributed by atoms with E-state index in [1.807, 2.05) is 62.2 Å². The topological polar surface area (TPSA) is 57.7 Å². The largest absolute Gasteiger partial charge is 0.359 e. The molecule has 7 heteroatoms. The third-order valence-electron chi connectivity index (χ3n) is 6.63. The van der Waals surface area contributed by atoms with Crippen LogP contribution in [0.4, 0.5) is 5.69 Å². The fraction of sp³-hybridized carbons (Fsp3) is 0.320. The van der Waals surface area contributed by atoms with Crippen molar-refractivity contribution >= 4 is 52.6 Å². The first-order chi connectivity index (χ1) is 15.1. The van der Waals surface area contributed by atoms with Gasteiger partial charge in [0.1, 0.15) is 6.04 Å². The first-order valence-corrected chi connectivity index (χ1v) is 11.3. The molecule has 3 aliphatic rings. The number of fused-ring (bicyclic) bond motifs is 5. The highest BCUT2D eigenvalue weighted by molar-refractivity contribution is 6.42. The summed E-state index contributed by atoms with van der Waals surface area (Å²) in [5.74, 6) is -2.19. The van der Waals surface area contributed by atoms with Crippen molar-refractivity contribution in [2.45, 2.75) is 32.9 Å². The van der Waals surface area contributed by atoms with Crippen LogP contribution in [0.25, 0.3) is 6.08 Å². The summed E-state index contributed by atoms with van der Waals surface area (Å²) in [5.41, 5.74) is 1.64. The zero-order valence-electron chi connectivity index (χ0n) is 17.9. The Morgan fingerprint density at radius 2 is 1.62 bits per heavy atom. The number of carbonyl (C=O) groups is 3. The quantitative estimate of drug-likeness (QED) is 0.573. The fourth-order valence-corrected chi connectivity index (χ4v) is 5.47. The van der Waals surface area contributed by atoms with Crippen molar-refractivity contribution in [3.05, 3.63) is 69.8 Å². The van der Waals surface area contributed by atoms with Crippen molar-refractivity contribution < 1.29 is 14.4 Å². The second kappa shape index (κ2) is 7.19. The molecule has 5 nitrogen and oxygen atoms in total. The lowest BCUT2D eigenvalue weighted by Gasteiger charge is -2.37. The van der Waals surface area contributed by atoms with Crippen LogP contribution in [0.2, 0.25) is 10.0 Å².